The molecule has 5 rings (SSSR count). The Bertz CT molecular complexity index is 1630. The highest BCUT2D eigenvalue weighted by Crippen LogP contribution is 2.29. The fourth-order valence-electron chi connectivity index (χ4n) is 5.97. The molecule has 10 atom stereocenters. The van der Waals surface area contributed by atoms with E-state index in [4.69, 9.17) is 30.5 Å². The van der Waals surface area contributed by atoms with Gasteiger partial charge in [-0.2, -0.15) is 0 Å². The summed E-state index contributed by atoms with van der Waals surface area (Å²) in [6.07, 6.45) is -11.8. The van der Waals surface area contributed by atoms with Gasteiger partial charge in [0.25, 0.3) is 11.8 Å². The van der Waals surface area contributed by atoms with E-state index in [1.165, 1.54) is 36.4 Å². The van der Waals surface area contributed by atoms with Gasteiger partial charge in [0, 0.05) is 24.3 Å². The number of halogens is 1. The number of anilines is 2. The van der Waals surface area contributed by atoms with Crippen LogP contribution in [0.15, 0.2) is 59.3 Å². The number of aliphatic hydroxyl groups is 8. The molecular weight excluding hydrogens is 738 g/mol. The second kappa shape index (κ2) is 18.6. The average molecular weight is 782 g/mol. The van der Waals surface area contributed by atoms with Crippen LogP contribution in [0.4, 0.5) is 11.4 Å². The second-order valence-corrected chi connectivity index (χ2v) is 13.3. The summed E-state index contributed by atoms with van der Waals surface area (Å²) in [7, 11) is 0. The number of benzene rings is 2. The summed E-state index contributed by atoms with van der Waals surface area (Å²) in [5, 5.41) is 84.1. The first kappa shape index (κ1) is 41.2. The molecule has 0 bridgehead atoms. The summed E-state index contributed by atoms with van der Waals surface area (Å²) in [5.41, 5.74) is 0.774. The normalized spacial score (nSPS) is 30.1. The number of carbonyl (C=O) groups is 3. The summed E-state index contributed by atoms with van der Waals surface area (Å²) in [6.45, 7) is -1.07. The monoisotopic (exact) mass is 781 g/mol. The lowest BCUT2D eigenvalue weighted by Gasteiger charge is -2.39. The van der Waals surface area contributed by atoms with Crippen molar-refractivity contribution < 1.29 is 74.2 Å². The van der Waals surface area contributed by atoms with Crippen LogP contribution in [0.25, 0.3) is 0 Å². The summed E-state index contributed by atoms with van der Waals surface area (Å²) < 4.78 is 21.8. The lowest BCUT2D eigenvalue weighted by atomic mass is 9.99. The number of hydrogen-bond acceptors (Lipinski definition) is 16. The van der Waals surface area contributed by atoms with Crippen molar-refractivity contribution in [2.24, 2.45) is 0 Å². The number of nitrogens with zero attached hydrogens (tertiary/aromatic N) is 1. The highest BCUT2D eigenvalue weighted by Gasteiger charge is 2.46. The lowest BCUT2D eigenvalue weighted by molar-refractivity contribution is -0.277. The molecule has 19 heteroatoms. The molecule has 3 aliphatic heterocycles. The predicted octanol–water partition coefficient (Wildman–Crippen LogP) is -1.14. The summed E-state index contributed by atoms with van der Waals surface area (Å²) >= 11 is 6.22. The maximum atomic E-state index is 13.0. The van der Waals surface area contributed by atoms with Crippen molar-refractivity contribution in [3.05, 3.63) is 59.3 Å². The van der Waals surface area contributed by atoms with E-state index in [1.807, 2.05) is 0 Å². The molecule has 0 saturated carbocycles. The van der Waals surface area contributed by atoms with Crippen LogP contribution in [0, 0.1) is 0 Å². The zero-order valence-electron chi connectivity index (χ0n) is 28.8. The minimum atomic E-state index is -1.60. The Morgan fingerprint density at radius 2 is 1.15 bits per heavy atom. The van der Waals surface area contributed by atoms with Crippen LogP contribution in [0.2, 0.25) is 0 Å². The third kappa shape index (κ3) is 9.65. The van der Waals surface area contributed by atoms with Crippen LogP contribution in [-0.2, 0) is 23.9 Å². The van der Waals surface area contributed by atoms with Crippen molar-refractivity contribution in [2.45, 2.75) is 93.5 Å². The minimum absolute atomic E-state index is 0.102. The van der Waals surface area contributed by atoms with Gasteiger partial charge in [-0.1, -0.05) is 24.4 Å². The minimum Gasteiger partial charge on any atom is -0.462 e. The van der Waals surface area contributed by atoms with E-state index in [9.17, 15) is 55.2 Å². The lowest BCUT2D eigenvalue weighted by Crippen LogP contribution is -2.60. The molecular formula is C35H44ClN3O15. The number of imide groups is 1. The number of unbranched alkanes of at least 4 members (excludes halogenated alkanes) is 3. The van der Waals surface area contributed by atoms with Crippen molar-refractivity contribution in [3.63, 3.8) is 0 Å². The Hall–Kier alpha value is -3.92. The van der Waals surface area contributed by atoms with Crippen LogP contribution >= 0.6 is 11.6 Å². The van der Waals surface area contributed by atoms with Crippen LogP contribution in [0.1, 0.15) is 32.1 Å². The largest absolute Gasteiger partial charge is 0.462 e. The topological polar surface area (TPSA) is 277 Å². The van der Waals surface area contributed by atoms with Crippen molar-refractivity contribution in [1.82, 2.24) is 4.90 Å². The highest BCUT2D eigenvalue weighted by atomic mass is 35.5. The zero-order valence-corrected chi connectivity index (χ0v) is 29.6. The highest BCUT2D eigenvalue weighted by molar-refractivity contribution is 6.48. The van der Waals surface area contributed by atoms with Crippen molar-refractivity contribution in [2.75, 3.05) is 30.4 Å². The molecule has 0 radical (unpaired) electrons. The molecule has 2 aromatic carbocycles. The van der Waals surface area contributed by atoms with Crippen LogP contribution in [0.5, 0.6) is 11.5 Å². The molecule has 296 valence electrons. The van der Waals surface area contributed by atoms with Crippen LogP contribution < -0.4 is 20.1 Å². The molecule has 2 aromatic rings. The van der Waals surface area contributed by atoms with Gasteiger partial charge < -0.3 is 70.4 Å². The van der Waals surface area contributed by atoms with Gasteiger partial charge in [-0.3, -0.25) is 19.3 Å². The summed E-state index contributed by atoms with van der Waals surface area (Å²) in [6, 6.07) is 12.2. The van der Waals surface area contributed by atoms with E-state index >= 15 is 0 Å². The Morgan fingerprint density at radius 3 is 1.65 bits per heavy atom. The SMILES string of the molecule is O=C(CCCCCCN1C(=O)C(Cl)=C(Nc2ccc(O[C@H]3O[C@H](CO)[C@H](O)[C@H](O)[C@H]3O)cc2)C1=O)Nc1ccc(O[C@@H]2O[C@H](CO)[C@H](O)[C@H](O)[C@H]2O)cc1. The molecule has 54 heavy (non-hydrogen) atoms. The predicted molar refractivity (Wildman–Crippen MR) is 187 cm³/mol. The molecule has 18 nitrogen and oxygen atoms in total. The molecule has 0 aliphatic carbocycles. The number of carbonyl (C=O) groups excluding carboxylic acids is 3. The average Bonchev–Trinajstić information content (AvgIpc) is 3.36. The molecule has 0 aromatic heterocycles. The summed E-state index contributed by atoms with van der Waals surface area (Å²) in [4.78, 5) is 39.3. The van der Waals surface area contributed by atoms with Gasteiger partial charge >= 0.3 is 0 Å². The number of amides is 3. The summed E-state index contributed by atoms with van der Waals surface area (Å²) in [5.74, 6) is -1.02. The number of ether oxygens (including phenoxy) is 4. The standard InChI is InChI=1S/C35H44ClN3O15/c36-24-25(38-18-8-12-20(13-9-18)52-35-31(48)29(46)27(44)22(16-41)54-35)33(50)39(32(24)49)14-4-2-1-3-5-23(42)37-17-6-10-19(11-7-17)51-34-30(47)28(45)26(43)21(15-40)53-34/h6-13,21-22,26-31,34-35,38,40-41,43-48H,1-5,14-16H2,(H,37,42)/t21-,22-,26+,27+,28+,29+,30-,31-,34-,35+/m1/s1. The quantitative estimate of drug-likeness (QED) is 0.0712. The Labute approximate surface area is 314 Å². The third-order valence-electron chi connectivity index (χ3n) is 9.11. The third-order valence-corrected chi connectivity index (χ3v) is 9.46. The van der Waals surface area contributed by atoms with Crippen LogP contribution in [-0.4, -0.2) is 145 Å². The van der Waals surface area contributed by atoms with Gasteiger partial charge in [0.1, 0.15) is 71.1 Å². The fourth-order valence-corrected chi connectivity index (χ4v) is 6.20. The van der Waals surface area contributed by atoms with Crippen LogP contribution in [0.3, 0.4) is 0 Å². The van der Waals surface area contributed by atoms with E-state index in [1.54, 1.807) is 12.1 Å². The fraction of sp³-hybridized carbons (Fsp3) is 0.514. The Morgan fingerprint density at radius 1 is 0.667 bits per heavy atom. The Kier molecular flexibility index (Phi) is 14.2. The molecule has 10 N–H and O–H groups in total. The van der Waals surface area contributed by atoms with Gasteiger partial charge in [0.15, 0.2) is 0 Å². The smallest absolute Gasteiger partial charge is 0.278 e. The molecule has 2 saturated heterocycles. The molecule has 3 amide bonds. The molecule has 0 unspecified atom stereocenters. The van der Waals surface area contributed by atoms with E-state index < -0.39 is 86.4 Å². The van der Waals surface area contributed by atoms with E-state index in [0.29, 0.717) is 37.1 Å². The second-order valence-electron chi connectivity index (χ2n) is 13.0. The molecule has 2 fully saturated rings. The number of nitrogens with one attached hydrogen (secondary N) is 2. The molecule has 3 aliphatic rings. The first-order chi connectivity index (χ1) is 25.8. The van der Waals surface area contributed by atoms with Gasteiger partial charge in [0.05, 0.1) is 13.2 Å². The maximum Gasteiger partial charge on any atom is 0.278 e. The maximum absolute atomic E-state index is 13.0. The van der Waals surface area contributed by atoms with Gasteiger partial charge in [0.2, 0.25) is 18.5 Å². The molecule has 0 spiro atoms. The zero-order chi connectivity index (χ0) is 39.1. The van der Waals surface area contributed by atoms with E-state index in [2.05, 4.69) is 10.6 Å². The van der Waals surface area contributed by atoms with Gasteiger partial charge in [-0.25, -0.2) is 0 Å². The van der Waals surface area contributed by atoms with Gasteiger partial charge in [-0.15, -0.1) is 0 Å². The van der Waals surface area contributed by atoms with E-state index in [-0.39, 0.29) is 41.1 Å². The van der Waals surface area contributed by atoms with Gasteiger partial charge in [-0.05, 0) is 61.4 Å². The first-order valence-corrected chi connectivity index (χ1v) is 17.7. The van der Waals surface area contributed by atoms with Crippen molar-refractivity contribution in [1.29, 1.82) is 0 Å². The molecule has 3 heterocycles. The first-order valence-electron chi connectivity index (χ1n) is 17.3. The Balaban J connectivity index is 0.995. The van der Waals surface area contributed by atoms with Crippen molar-refractivity contribution >= 4 is 40.7 Å². The number of hydrogen-bond donors (Lipinski definition) is 10. The van der Waals surface area contributed by atoms with Crippen molar-refractivity contribution in [3.8, 4) is 11.5 Å². The number of rotatable bonds is 16. The van der Waals surface area contributed by atoms with E-state index in [0.717, 1.165) is 4.90 Å². The number of aliphatic hydroxyl groups excluding tert-OH is 8.